The van der Waals surface area contributed by atoms with E-state index >= 15 is 0 Å². The number of nitrogens with one attached hydrogen (secondary N) is 2. The zero-order valence-electron chi connectivity index (χ0n) is 14.6. The largest absolute Gasteiger partial charge is 0.494 e. The Kier molecular flexibility index (Phi) is 7.48. The van der Waals surface area contributed by atoms with E-state index in [2.05, 4.69) is 28.8 Å². The lowest BCUT2D eigenvalue weighted by Crippen LogP contribution is -2.46. The number of sulfonamides is 1. The molecule has 24 heavy (non-hydrogen) atoms. The van der Waals surface area contributed by atoms with Gasteiger partial charge < -0.3 is 10.1 Å². The molecule has 1 heterocycles. The molecule has 1 aromatic rings. The fourth-order valence-corrected chi connectivity index (χ4v) is 3.50. The fourth-order valence-electron chi connectivity index (χ4n) is 2.48. The van der Waals surface area contributed by atoms with Crippen molar-refractivity contribution < 1.29 is 13.2 Å². The van der Waals surface area contributed by atoms with E-state index in [-0.39, 0.29) is 4.90 Å². The number of ether oxygens (including phenoxy) is 1. The summed E-state index contributed by atoms with van der Waals surface area (Å²) in [6.07, 6.45) is 0.980. The molecule has 136 valence electrons. The second-order valence-corrected chi connectivity index (χ2v) is 8.26. The van der Waals surface area contributed by atoms with Crippen LogP contribution in [0, 0.1) is 5.92 Å². The Morgan fingerprint density at radius 2 is 1.88 bits per heavy atom. The molecule has 1 aliphatic rings. The van der Waals surface area contributed by atoms with Crippen molar-refractivity contribution in [1.82, 2.24) is 14.9 Å². The molecule has 0 saturated carbocycles. The molecule has 2 N–H and O–H groups in total. The summed E-state index contributed by atoms with van der Waals surface area (Å²) in [6.45, 7) is 9.94. The van der Waals surface area contributed by atoms with Crippen molar-refractivity contribution in [2.24, 2.45) is 5.92 Å². The highest BCUT2D eigenvalue weighted by Crippen LogP contribution is 2.16. The molecule has 6 nitrogen and oxygen atoms in total. The summed E-state index contributed by atoms with van der Waals surface area (Å²) in [6, 6.07) is 6.62. The van der Waals surface area contributed by atoms with Crippen LogP contribution in [-0.2, 0) is 10.0 Å². The van der Waals surface area contributed by atoms with Gasteiger partial charge in [-0.05, 0) is 36.6 Å². The number of hydrogen-bond acceptors (Lipinski definition) is 5. The second kappa shape index (κ2) is 9.36. The zero-order chi connectivity index (χ0) is 17.4. The average Bonchev–Trinajstić information content (AvgIpc) is 2.56. The van der Waals surface area contributed by atoms with Crippen LogP contribution < -0.4 is 14.8 Å². The van der Waals surface area contributed by atoms with Gasteiger partial charge in [0.1, 0.15) is 5.75 Å². The van der Waals surface area contributed by atoms with Crippen molar-refractivity contribution in [2.45, 2.75) is 25.2 Å². The van der Waals surface area contributed by atoms with Gasteiger partial charge in [-0.2, -0.15) is 0 Å². The minimum atomic E-state index is -3.46. The third kappa shape index (κ3) is 6.39. The number of piperazine rings is 1. The van der Waals surface area contributed by atoms with Gasteiger partial charge in [0.05, 0.1) is 11.5 Å². The van der Waals surface area contributed by atoms with Gasteiger partial charge in [0.15, 0.2) is 0 Å². The molecule has 1 aromatic carbocycles. The van der Waals surface area contributed by atoms with Gasteiger partial charge in [0, 0.05) is 39.3 Å². The summed E-state index contributed by atoms with van der Waals surface area (Å²) in [5.41, 5.74) is 0. The molecule has 0 amide bonds. The van der Waals surface area contributed by atoms with E-state index in [1.807, 2.05) is 0 Å². The van der Waals surface area contributed by atoms with E-state index in [1.165, 1.54) is 0 Å². The van der Waals surface area contributed by atoms with Gasteiger partial charge in [-0.3, -0.25) is 4.90 Å². The van der Waals surface area contributed by atoms with E-state index in [0.717, 1.165) is 39.1 Å². The first-order chi connectivity index (χ1) is 11.5. The van der Waals surface area contributed by atoms with Crippen LogP contribution in [-0.4, -0.2) is 59.2 Å². The highest BCUT2D eigenvalue weighted by Gasteiger charge is 2.15. The number of benzene rings is 1. The third-order valence-electron chi connectivity index (χ3n) is 4.03. The summed E-state index contributed by atoms with van der Waals surface area (Å²) in [5, 5.41) is 3.28. The van der Waals surface area contributed by atoms with Gasteiger partial charge in [0.2, 0.25) is 10.0 Å². The van der Waals surface area contributed by atoms with Crippen LogP contribution in [0.3, 0.4) is 0 Å². The van der Waals surface area contributed by atoms with Crippen LogP contribution in [0.2, 0.25) is 0 Å². The van der Waals surface area contributed by atoms with Crippen molar-refractivity contribution in [3.8, 4) is 5.75 Å². The van der Waals surface area contributed by atoms with Crippen LogP contribution in [0.15, 0.2) is 29.2 Å². The molecule has 0 bridgehead atoms. The van der Waals surface area contributed by atoms with Crippen molar-refractivity contribution in [3.63, 3.8) is 0 Å². The molecule has 0 aliphatic carbocycles. The van der Waals surface area contributed by atoms with Crippen LogP contribution >= 0.6 is 0 Å². The predicted molar refractivity (Wildman–Crippen MR) is 95.9 cm³/mol. The molecule has 0 spiro atoms. The second-order valence-electron chi connectivity index (χ2n) is 6.49. The quantitative estimate of drug-likeness (QED) is 0.699. The minimum absolute atomic E-state index is 0.277. The lowest BCUT2D eigenvalue weighted by atomic mass is 10.1. The lowest BCUT2D eigenvalue weighted by molar-refractivity contribution is 0.245. The minimum Gasteiger partial charge on any atom is -0.494 e. The number of nitrogens with zero attached hydrogens (tertiary/aromatic N) is 1. The standard InChI is InChI=1S/C17H29N3O3S/c1-15(2)7-14-23-16-3-5-17(6-4-16)24(21,22)19-10-13-20-11-8-18-9-12-20/h3-6,15,18-19H,7-14H2,1-2H3. The van der Waals surface area contributed by atoms with E-state index < -0.39 is 10.0 Å². The molecular weight excluding hydrogens is 326 g/mol. The Labute approximate surface area is 145 Å². The summed E-state index contributed by atoms with van der Waals surface area (Å²) >= 11 is 0. The Morgan fingerprint density at radius 3 is 2.50 bits per heavy atom. The van der Waals surface area contributed by atoms with Crippen molar-refractivity contribution >= 4 is 10.0 Å². The Bertz CT molecular complexity index is 582. The Hall–Kier alpha value is -1.15. The topological polar surface area (TPSA) is 70.7 Å². The third-order valence-corrected chi connectivity index (χ3v) is 5.50. The molecule has 0 unspecified atom stereocenters. The molecule has 7 heteroatoms. The van der Waals surface area contributed by atoms with E-state index in [4.69, 9.17) is 4.74 Å². The van der Waals surface area contributed by atoms with Crippen molar-refractivity contribution in [1.29, 1.82) is 0 Å². The summed E-state index contributed by atoms with van der Waals surface area (Å²) in [5.74, 6) is 1.29. The molecule has 1 aliphatic heterocycles. The van der Waals surface area contributed by atoms with E-state index in [9.17, 15) is 8.42 Å². The first kappa shape index (κ1) is 19.2. The predicted octanol–water partition coefficient (Wildman–Crippen LogP) is 1.30. The van der Waals surface area contributed by atoms with Crippen LogP contribution in [0.5, 0.6) is 5.75 Å². The zero-order valence-corrected chi connectivity index (χ0v) is 15.4. The number of rotatable bonds is 9. The number of hydrogen-bond donors (Lipinski definition) is 2. The van der Waals surface area contributed by atoms with Gasteiger partial charge in [-0.15, -0.1) is 0 Å². The van der Waals surface area contributed by atoms with Gasteiger partial charge >= 0.3 is 0 Å². The first-order valence-electron chi connectivity index (χ1n) is 8.63. The normalized spacial score (nSPS) is 16.5. The van der Waals surface area contributed by atoms with Crippen LogP contribution in [0.4, 0.5) is 0 Å². The highest BCUT2D eigenvalue weighted by molar-refractivity contribution is 7.89. The monoisotopic (exact) mass is 355 g/mol. The molecule has 0 aromatic heterocycles. The molecule has 1 saturated heterocycles. The average molecular weight is 356 g/mol. The van der Waals surface area contributed by atoms with Gasteiger partial charge in [0.25, 0.3) is 0 Å². The first-order valence-corrected chi connectivity index (χ1v) is 10.1. The summed E-state index contributed by atoms with van der Waals surface area (Å²) in [7, 11) is -3.46. The molecule has 0 radical (unpaired) electrons. The van der Waals surface area contributed by atoms with Crippen LogP contribution in [0.1, 0.15) is 20.3 Å². The maximum atomic E-state index is 12.3. The van der Waals surface area contributed by atoms with Gasteiger partial charge in [-0.1, -0.05) is 13.8 Å². The van der Waals surface area contributed by atoms with Crippen molar-refractivity contribution in [3.05, 3.63) is 24.3 Å². The fraction of sp³-hybridized carbons (Fsp3) is 0.647. The van der Waals surface area contributed by atoms with E-state index in [0.29, 0.717) is 24.8 Å². The Morgan fingerprint density at radius 1 is 1.21 bits per heavy atom. The molecule has 2 rings (SSSR count). The Balaban J connectivity index is 1.80. The van der Waals surface area contributed by atoms with Crippen LogP contribution in [0.25, 0.3) is 0 Å². The maximum absolute atomic E-state index is 12.3. The highest BCUT2D eigenvalue weighted by atomic mass is 32.2. The summed E-state index contributed by atoms with van der Waals surface area (Å²) < 4.78 is 32.9. The molecular formula is C17H29N3O3S. The smallest absolute Gasteiger partial charge is 0.240 e. The maximum Gasteiger partial charge on any atom is 0.240 e. The SMILES string of the molecule is CC(C)CCOc1ccc(S(=O)(=O)NCCN2CCNCC2)cc1. The van der Waals surface area contributed by atoms with Gasteiger partial charge in [-0.25, -0.2) is 13.1 Å². The molecule has 1 fully saturated rings. The molecule has 0 atom stereocenters. The summed E-state index contributed by atoms with van der Waals surface area (Å²) in [4.78, 5) is 2.53. The lowest BCUT2D eigenvalue weighted by Gasteiger charge is -2.27. The van der Waals surface area contributed by atoms with E-state index in [1.54, 1.807) is 24.3 Å². The van der Waals surface area contributed by atoms with Crippen molar-refractivity contribution in [2.75, 3.05) is 45.9 Å².